The lowest BCUT2D eigenvalue weighted by Gasteiger charge is -1.99. The van der Waals surface area contributed by atoms with Crippen LogP contribution in [0.2, 0.25) is 0 Å². The molecule has 1 aromatic rings. The number of aryl methyl sites for hydroxylation is 1. The average Bonchev–Trinajstić information content (AvgIpc) is 2.45. The number of aliphatic carboxylic acids is 1. The Hall–Kier alpha value is -1.92. The molecule has 1 heterocycles. The van der Waals surface area contributed by atoms with E-state index in [1.54, 1.807) is 0 Å². The van der Waals surface area contributed by atoms with E-state index in [1.165, 1.54) is 13.8 Å². The van der Waals surface area contributed by atoms with Gasteiger partial charge in [-0.25, -0.2) is 0 Å². The molecule has 1 unspecified atom stereocenters. The second-order valence-electron chi connectivity index (χ2n) is 2.80. The number of carbonyl (C=O) groups is 1. The molecule has 0 aliphatic rings. The van der Waals surface area contributed by atoms with Gasteiger partial charge in [0.25, 0.3) is 0 Å². The molecule has 0 saturated heterocycles. The quantitative estimate of drug-likeness (QED) is 0.577. The van der Waals surface area contributed by atoms with Crippen molar-refractivity contribution in [3.63, 3.8) is 0 Å². The van der Waals surface area contributed by atoms with Crippen molar-refractivity contribution in [1.29, 1.82) is 0 Å². The van der Waals surface area contributed by atoms with Crippen LogP contribution >= 0.6 is 0 Å². The SMILES string of the molecule is Cc1noc(C(C)C(=O)O)c1[N+](=O)[O-]. The van der Waals surface area contributed by atoms with E-state index in [9.17, 15) is 14.9 Å². The predicted molar refractivity (Wildman–Crippen MR) is 43.9 cm³/mol. The Morgan fingerprint density at radius 3 is 2.71 bits per heavy atom. The molecule has 76 valence electrons. The molecule has 0 fully saturated rings. The summed E-state index contributed by atoms with van der Waals surface area (Å²) in [6.07, 6.45) is 0. The van der Waals surface area contributed by atoms with Crippen molar-refractivity contribution in [1.82, 2.24) is 5.16 Å². The summed E-state index contributed by atoms with van der Waals surface area (Å²) in [5.41, 5.74) is -0.280. The zero-order valence-corrected chi connectivity index (χ0v) is 7.55. The zero-order chi connectivity index (χ0) is 10.9. The van der Waals surface area contributed by atoms with E-state index in [0.29, 0.717) is 0 Å². The van der Waals surface area contributed by atoms with E-state index in [4.69, 9.17) is 5.11 Å². The normalized spacial score (nSPS) is 12.4. The van der Waals surface area contributed by atoms with Crippen LogP contribution in [-0.2, 0) is 4.79 Å². The standard InChI is InChI=1S/C7H8N2O5/c1-3(7(10)11)6-5(9(12)13)4(2)8-14-6/h3H,1-2H3,(H,10,11). The van der Waals surface area contributed by atoms with Crippen molar-refractivity contribution in [2.75, 3.05) is 0 Å². The van der Waals surface area contributed by atoms with Gasteiger partial charge >= 0.3 is 11.7 Å². The molecule has 1 aromatic heterocycles. The highest BCUT2D eigenvalue weighted by Crippen LogP contribution is 2.29. The number of rotatable bonds is 3. The van der Waals surface area contributed by atoms with Crippen molar-refractivity contribution in [3.05, 3.63) is 21.6 Å². The summed E-state index contributed by atoms with van der Waals surface area (Å²) in [6.45, 7) is 2.69. The third kappa shape index (κ3) is 1.56. The van der Waals surface area contributed by atoms with Gasteiger partial charge in [0.1, 0.15) is 5.92 Å². The lowest BCUT2D eigenvalue weighted by molar-refractivity contribution is -0.386. The lowest BCUT2D eigenvalue weighted by Crippen LogP contribution is -2.08. The summed E-state index contributed by atoms with van der Waals surface area (Å²) in [7, 11) is 0. The molecule has 0 aromatic carbocycles. The maximum absolute atomic E-state index is 10.6. The van der Waals surface area contributed by atoms with Crippen LogP contribution in [0.1, 0.15) is 24.3 Å². The molecular formula is C7H8N2O5. The Morgan fingerprint density at radius 1 is 1.71 bits per heavy atom. The van der Waals surface area contributed by atoms with E-state index in [1.807, 2.05) is 0 Å². The summed E-state index contributed by atoms with van der Waals surface area (Å²) in [5.74, 6) is -2.49. The molecule has 0 spiro atoms. The fourth-order valence-corrected chi connectivity index (χ4v) is 1.00. The summed E-state index contributed by atoms with van der Waals surface area (Å²) in [6, 6.07) is 0. The molecule has 1 rings (SSSR count). The summed E-state index contributed by atoms with van der Waals surface area (Å²) in [5, 5.41) is 22.5. The van der Waals surface area contributed by atoms with Crippen LogP contribution in [0, 0.1) is 17.0 Å². The molecule has 1 atom stereocenters. The van der Waals surface area contributed by atoms with E-state index >= 15 is 0 Å². The van der Waals surface area contributed by atoms with Crippen LogP contribution in [0.3, 0.4) is 0 Å². The minimum Gasteiger partial charge on any atom is -0.481 e. The van der Waals surface area contributed by atoms with Gasteiger partial charge in [0.2, 0.25) is 5.76 Å². The summed E-state index contributed by atoms with van der Waals surface area (Å²) < 4.78 is 4.61. The number of nitrogens with zero attached hydrogens (tertiary/aromatic N) is 2. The number of aromatic nitrogens is 1. The Labute approximate surface area is 78.5 Å². The van der Waals surface area contributed by atoms with Gasteiger partial charge in [-0.15, -0.1) is 0 Å². The van der Waals surface area contributed by atoms with Gasteiger partial charge in [-0.05, 0) is 13.8 Å². The number of hydrogen-bond donors (Lipinski definition) is 1. The van der Waals surface area contributed by atoms with E-state index < -0.39 is 16.8 Å². The second kappa shape index (κ2) is 3.44. The largest absolute Gasteiger partial charge is 0.481 e. The Balaban J connectivity index is 3.22. The highest BCUT2D eigenvalue weighted by molar-refractivity contribution is 5.76. The number of hydrogen-bond acceptors (Lipinski definition) is 5. The predicted octanol–water partition coefficient (Wildman–Crippen LogP) is 1.08. The van der Waals surface area contributed by atoms with Gasteiger partial charge in [-0.2, -0.15) is 0 Å². The van der Waals surface area contributed by atoms with Gasteiger partial charge in [0.15, 0.2) is 5.69 Å². The minimum absolute atomic E-state index is 0.0816. The summed E-state index contributed by atoms with van der Waals surface area (Å²) >= 11 is 0. The first-order chi connectivity index (χ1) is 6.45. The van der Waals surface area contributed by atoms with Crippen LogP contribution in [0.5, 0.6) is 0 Å². The van der Waals surface area contributed by atoms with Gasteiger partial charge in [0, 0.05) is 0 Å². The van der Waals surface area contributed by atoms with Gasteiger partial charge in [-0.3, -0.25) is 14.9 Å². The highest BCUT2D eigenvalue weighted by Gasteiger charge is 2.31. The van der Waals surface area contributed by atoms with Crippen molar-refractivity contribution in [2.45, 2.75) is 19.8 Å². The van der Waals surface area contributed by atoms with Crippen LogP contribution in [0.15, 0.2) is 4.52 Å². The molecule has 0 amide bonds. The lowest BCUT2D eigenvalue weighted by atomic mass is 10.1. The molecule has 0 aliphatic carbocycles. The molecule has 1 N–H and O–H groups in total. The highest BCUT2D eigenvalue weighted by atomic mass is 16.6. The fourth-order valence-electron chi connectivity index (χ4n) is 1.00. The second-order valence-corrected chi connectivity index (χ2v) is 2.80. The number of carboxylic acids is 1. The van der Waals surface area contributed by atoms with Gasteiger partial charge in [0.05, 0.1) is 4.92 Å². The molecule has 14 heavy (non-hydrogen) atoms. The molecule has 0 bridgehead atoms. The molecule has 7 heteroatoms. The fraction of sp³-hybridized carbons (Fsp3) is 0.429. The third-order valence-electron chi connectivity index (χ3n) is 1.80. The van der Waals surface area contributed by atoms with E-state index in [-0.39, 0.29) is 17.1 Å². The molecule has 0 radical (unpaired) electrons. The maximum Gasteiger partial charge on any atom is 0.335 e. The van der Waals surface area contributed by atoms with Crippen LogP contribution in [0.25, 0.3) is 0 Å². The number of nitro groups is 1. The van der Waals surface area contributed by atoms with Gasteiger partial charge in [-0.1, -0.05) is 5.16 Å². The van der Waals surface area contributed by atoms with Crippen molar-refractivity contribution >= 4 is 11.7 Å². The smallest absolute Gasteiger partial charge is 0.335 e. The first-order valence-corrected chi connectivity index (χ1v) is 3.78. The monoisotopic (exact) mass is 200 g/mol. The Morgan fingerprint density at radius 2 is 2.29 bits per heavy atom. The van der Waals surface area contributed by atoms with E-state index in [2.05, 4.69) is 9.68 Å². The Bertz CT molecular complexity index is 383. The average molecular weight is 200 g/mol. The molecule has 0 aliphatic heterocycles. The molecule has 7 nitrogen and oxygen atoms in total. The van der Waals surface area contributed by atoms with Crippen LogP contribution < -0.4 is 0 Å². The van der Waals surface area contributed by atoms with Crippen molar-refractivity contribution < 1.29 is 19.3 Å². The van der Waals surface area contributed by atoms with E-state index in [0.717, 1.165) is 0 Å². The first kappa shape index (κ1) is 10.2. The third-order valence-corrected chi connectivity index (χ3v) is 1.80. The topological polar surface area (TPSA) is 106 Å². The summed E-state index contributed by atoms with van der Waals surface area (Å²) in [4.78, 5) is 20.4. The van der Waals surface area contributed by atoms with Crippen molar-refractivity contribution in [3.8, 4) is 0 Å². The number of carboxylic acid groups (broad SMARTS) is 1. The maximum atomic E-state index is 10.6. The van der Waals surface area contributed by atoms with Crippen LogP contribution in [-0.4, -0.2) is 21.2 Å². The Kier molecular flexibility index (Phi) is 2.50. The van der Waals surface area contributed by atoms with Crippen molar-refractivity contribution in [2.24, 2.45) is 0 Å². The zero-order valence-electron chi connectivity index (χ0n) is 7.55. The molecular weight excluding hydrogens is 192 g/mol. The first-order valence-electron chi connectivity index (χ1n) is 3.78. The van der Waals surface area contributed by atoms with Crippen LogP contribution in [0.4, 0.5) is 5.69 Å². The molecule has 0 saturated carbocycles. The van der Waals surface area contributed by atoms with Gasteiger partial charge < -0.3 is 9.63 Å². The minimum atomic E-state index is -1.19.